The highest BCUT2D eigenvalue weighted by molar-refractivity contribution is 14.0. The zero-order chi connectivity index (χ0) is 18.2. The molecule has 1 aromatic heterocycles. The van der Waals surface area contributed by atoms with Crippen molar-refractivity contribution in [3.63, 3.8) is 0 Å². The predicted molar refractivity (Wildman–Crippen MR) is 116 cm³/mol. The van der Waals surface area contributed by atoms with E-state index in [1.165, 1.54) is 6.33 Å². The molecule has 0 aliphatic heterocycles. The average Bonchev–Trinajstić information content (AvgIpc) is 3.37. The van der Waals surface area contributed by atoms with Crippen LogP contribution in [0.3, 0.4) is 0 Å². The van der Waals surface area contributed by atoms with E-state index in [9.17, 15) is 4.79 Å². The molecule has 0 spiro atoms. The van der Waals surface area contributed by atoms with Gasteiger partial charge in [-0.15, -0.1) is 24.0 Å². The van der Waals surface area contributed by atoms with Gasteiger partial charge in [0.25, 0.3) is 0 Å². The van der Waals surface area contributed by atoms with Crippen LogP contribution in [0.15, 0.2) is 35.6 Å². The second-order valence-electron chi connectivity index (χ2n) is 6.22. The van der Waals surface area contributed by atoms with Gasteiger partial charge in [-0.2, -0.15) is 5.10 Å². The molecule has 1 aliphatic carbocycles. The molecule has 1 heterocycles. The van der Waals surface area contributed by atoms with Gasteiger partial charge in [-0.1, -0.05) is 18.2 Å². The van der Waals surface area contributed by atoms with Crippen LogP contribution in [0.2, 0.25) is 0 Å². The fourth-order valence-corrected chi connectivity index (χ4v) is 2.53. The molecule has 3 rings (SSSR count). The van der Waals surface area contributed by atoms with Crippen LogP contribution in [-0.4, -0.2) is 46.7 Å². The van der Waals surface area contributed by atoms with E-state index in [0.29, 0.717) is 19.6 Å². The summed E-state index contributed by atoms with van der Waals surface area (Å²) in [5.41, 5.74) is 2.06. The molecule has 27 heavy (non-hydrogen) atoms. The monoisotopic (exact) mass is 483 g/mol. The smallest absolute Gasteiger partial charge is 0.223 e. The standard InChI is InChI=1S/C18H25N7O.HI/c1-2-19-18(21-9-8-20-17(26)14-6-7-14)22-11-13-4-3-5-15(10-13)16-23-12-24-25-16;/h3-5,10,12,14H,2,6-9,11H2,1H3,(H,20,26)(H2,19,21,22)(H,23,24,25);1H. The molecule has 0 atom stereocenters. The Labute approximate surface area is 176 Å². The lowest BCUT2D eigenvalue weighted by Crippen LogP contribution is -2.41. The fraction of sp³-hybridized carbons (Fsp3) is 0.444. The second-order valence-corrected chi connectivity index (χ2v) is 6.22. The van der Waals surface area contributed by atoms with Crippen molar-refractivity contribution in [3.8, 4) is 11.4 Å². The van der Waals surface area contributed by atoms with Crippen molar-refractivity contribution < 1.29 is 4.79 Å². The fourth-order valence-electron chi connectivity index (χ4n) is 2.53. The number of guanidine groups is 1. The lowest BCUT2D eigenvalue weighted by Gasteiger charge is -2.12. The van der Waals surface area contributed by atoms with Gasteiger partial charge in [0.05, 0.1) is 6.54 Å². The number of amides is 1. The lowest BCUT2D eigenvalue weighted by atomic mass is 10.1. The summed E-state index contributed by atoms with van der Waals surface area (Å²) in [6.07, 6.45) is 3.54. The number of aromatic nitrogens is 3. The van der Waals surface area contributed by atoms with Crippen LogP contribution < -0.4 is 16.0 Å². The maximum Gasteiger partial charge on any atom is 0.223 e. The summed E-state index contributed by atoms with van der Waals surface area (Å²) >= 11 is 0. The van der Waals surface area contributed by atoms with E-state index in [0.717, 1.165) is 42.3 Å². The third-order valence-corrected chi connectivity index (χ3v) is 4.04. The third-order valence-electron chi connectivity index (χ3n) is 4.04. The first-order valence-electron chi connectivity index (χ1n) is 9.01. The van der Waals surface area contributed by atoms with Crippen LogP contribution in [0.25, 0.3) is 11.4 Å². The molecule has 1 fully saturated rings. The van der Waals surface area contributed by atoms with Crippen molar-refractivity contribution in [3.05, 3.63) is 36.2 Å². The highest BCUT2D eigenvalue weighted by Gasteiger charge is 2.28. The Balaban J connectivity index is 0.00000261. The highest BCUT2D eigenvalue weighted by Crippen LogP contribution is 2.28. The summed E-state index contributed by atoms with van der Waals surface area (Å²) in [6, 6.07) is 8.04. The summed E-state index contributed by atoms with van der Waals surface area (Å²) in [5, 5.41) is 16.1. The average molecular weight is 483 g/mol. The molecule has 146 valence electrons. The molecule has 1 amide bonds. The normalized spacial score (nSPS) is 13.6. The number of carbonyl (C=O) groups is 1. The molecule has 8 nitrogen and oxygen atoms in total. The van der Waals surface area contributed by atoms with Gasteiger partial charge in [0, 0.05) is 31.1 Å². The number of carbonyl (C=O) groups excluding carboxylic acids is 1. The molecule has 0 saturated heterocycles. The number of nitrogens with one attached hydrogen (secondary N) is 4. The molecule has 0 radical (unpaired) electrons. The van der Waals surface area contributed by atoms with E-state index in [1.807, 2.05) is 31.2 Å². The molecule has 9 heteroatoms. The van der Waals surface area contributed by atoms with Gasteiger partial charge in [-0.05, 0) is 31.4 Å². The van der Waals surface area contributed by atoms with Gasteiger partial charge in [-0.25, -0.2) is 9.98 Å². The molecular weight excluding hydrogens is 457 g/mol. The first-order chi connectivity index (χ1) is 12.8. The van der Waals surface area contributed by atoms with E-state index in [1.54, 1.807) is 0 Å². The van der Waals surface area contributed by atoms with Crippen LogP contribution in [-0.2, 0) is 11.3 Å². The van der Waals surface area contributed by atoms with E-state index < -0.39 is 0 Å². The van der Waals surface area contributed by atoms with Gasteiger partial charge in [0.2, 0.25) is 5.91 Å². The van der Waals surface area contributed by atoms with Crippen LogP contribution in [0.1, 0.15) is 25.3 Å². The first-order valence-corrected chi connectivity index (χ1v) is 9.01. The number of halogens is 1. The maximum atomic E-state index is 11.6. The SMILES string of the molecule is CCNC(=NCc1cccc(-c2ncn[nH]2)c1)NCCNC(=O)C1CC1.I. The number of hydrogen-bond acceptors (Lipinski definition) is 4. The molecule has 1 aromatic carbocycles. The zero-order valence-corrected chi connectivity index (χ0v) is 17.7. The minimum absolute atomic E-state index is 0. The Bertz CT molecular complexity index is 744. The summed E-state index contributed by atoms with van der Waals surface area (Å²) in [5.74, 6) is 1.89. The molecular formula is C18H26IN7O. The molecule has 1 aliphatic rings. The van der Waals surface area contributed by atoms with Gasteiger partial charge in [-0.3, -0.25) is 9.89 Å². The van der Waals surface area contributed by atoms with E-state index in [-0.39, 0.29) is 35.8 Å². The molecule has 4 N–H and O–H groups in total. The van der Waals surface area contributed by atoms with Crippen molar-refractivity contribution in [1.29, 1.82) is 0 Å². The minimum atomic E-state index is 0. The van der Waals surface area contributed by atoms with Gasteiger partial charge in [0.15, 0.2) is 11.8 Å². The Morgan fingerprint density at radius 3 is 2.78 bits per heavy atom. The van der Waals surface area contributed by atoms with Gasteiger partial charge < -0.3 is 16.0 Å². The molecule has 2 aromatic rings. The highest BCUT2D eigenvalue weighted by atomic mass is 127. The number of H-pyrrole nitrogens is 1. The largest absolute Gasteiger partial charge is 0.357 e. The first kappa shape index (κ1) is 21.1. The maximum absolute atomic E-state index is 11.6. The van der Waals surface area contributed by atoms with Crippen molar-refractivity contribution in [2.75, 3.05) is 19.6 Å². The number of aromatic amines is 1. The van der Waals surface area contributed by atoms with Crippen LogP contribution >= 0.6 is 24.0 Å². The van der Waals surface area contributed by atoms with E-state index >= 15 is 0 Å². The second kappa shape index (κ2) is 10.9. The third kappa shape index (κ3) is 6.81. The summed E-state index contributed by atoms with van der Waals surface area (Å²) in [6.45, 7) is 4.59. The van der Waals surface area contributed by atoms with E-state index in [2.05, 4.69) is 36.1 Å². The number of nitrogens with zero attached hydrogens (tertiary/aromatic N) is 3. The number of aliphatic imine (C=N–C) groups is 1. The van der Waals surface area contributed by atoms with Crippen LogP contribution in [0.5, 0.6) is 0 Å². The quantitative estimate of drug-likeness (QED) is 0.198. The van der Waals surface area contributed by atoms with Crippen LogP contribution in [0.4, 0.5) is 0 Å². The molecule has 1 saturated carbocycles. The van der Waals surface area contributed by atoms with E-state index in [4.69, 9.17) is 0 Å². The Kier molecular flexibility index (Phi) is 8.49. The van der Waals surface area contributed by atoms with Crippen molar-refractivity contribution in [2.45, 2.75) is 26.3 Å². The lowest BCUT2D eigenvalue weighted by molar-refractivity contribution is -0.122. The molecule has 0 bridgehead atoms. The Morgan fingerprint density at radius 2 is 2.07 bits per heavy atom. The predicted octanol–water partition coefficient (Wildman–Crippen LogP) is 1.67. The topological polar surface area (TPSA) is 107 Å². The van der Waals surface area contributed by atoms with Crippen LogP contribution in [0, 0.1) is 5.92 Å². The minimum Gasteiger partial charge on any atom is -0.357 e. The zero-order valence-electron chi connectivity index (χ0n) is 15.4. The number of rotatable bonds is 8. The number of hydrogen-bond donors (Lipinski definition) is 4. The Morgan fingerprint density at radius 1 is 1.26 bits per heavy atom. The Hall–Kier alpha value is -2.17. The van der Waals surface area contributed by atoms with Crippen molar-refractivity contribution in [1.82, 2.24) is 31.1 Å². The summed E-state index contributed by atoms with van der Waals surface area (Å²) in [4.78, 5) is 20.4. The van der Waals surface area contributed by atoms with Crippen molar-refractivity contribution in [2.24, 2.45) is 10.9 Å². The summed E-state index contributed by atoms with van der Waals surface area (Å²) < 4.78 is 0. The van der Waals surface area contributed by atoms with Crippen molar-refractivity contribution >= 4 is 35.8 Å². The van der Waals surface area contributed by atoms with Gasteiger partial charge >= 0.3 is 0 Å². The number of benzene rings is 1. The molecule has 0 unspecified atom stereocenters. The summed E-state index contributed by atoms with van der Waals surface area (Å²) in [7, 11) is 0. The van der Waals surface area contributed by atoms with Gasteiger partial charge in [0.1, 0.15) is 6.33 Å².